The summed E-state index contributed by atoms with van der Waals surface area (Å²) >= 11 is 0. The number of aryl methyl sites for hydroxylation is 1. The maximum atomic E-state index is 12.9. The number of hydrogen-bond donors (Lipinski definition) is 1. The Bertz CT molecular complexity index is 856. The van der Waals surface area contributed by atoms with Crippen LogP contribution < -0.4 is 10.1 Å². The highest BCUT2D eigenvalue weighted by Crippen LogP contribution is 2.39. The van der Waals surface area contributed by atoms with E-state index in [1.807, 2.05) is 48.2 Å². The average Bonchev–Trinajstić information content (AvgIpc) is 3.46. The minimum atomic E-state index is -0.775. The van der Waals surface area contributed by atoms with Crippen LogP contribution in [0.1, 0.15) is 36.0 Å². The van der Waals surface area contributed by atoms with Crippen LogP contribution in [0.2, 0.25) is 0 Å². The predicted octanol–water partition coefficient (Wildman–Crippen LogP) is 2.34. The molecule has 2 amide bonds. The first kappa shape index (κ1) is 18.6. The van der Waals surface area contributed by atoms with Gasteiger partial charge in [0.25, 0.3) is 5.91 Å². The van der Waals surface area contributed by atoms with Gasteiger partial charge in [0.2, 0.25) is 5.91 Å². The Kier molecular flexibility index (Phi) is 5.09. The normalized spacial score (nSPS) is 22.2. The molecule has 0 unspecified atom stereocenters. The Balaban J connectivity index is 1.57. The molecule has 2 aliphatic rings. The molecule has 7 nitrogen and oxygen atoms in total. The number of benzene rings is 1. The van der Waals surface area contributed by atoms with E-state index in [9.17, 15) is 9.59 Å². The molecule has 28 heavy (non-hydrogen) atoms. The number of amides is 2. The van der Waals surface area contributed by atoms with Gasteiger partial charge in [0.1, 0.15) is 23.9 Å². The third-order valence-electron chi connectivity index (χ3n) is 5.15. The predicted molar refractivity (Wildman–Crippen MR) is 101 cm³/mol. The van der Waals surface area contributed by atoms with Crippen molar-refractivity contribution in [1.82, 2.24) is 10.2 Å². The number of nitrogens with zero attached hydrogens (tertiary/aromatic N) is 1. The van der Waals surface area contributed by atoms with Gasteiger partial charge in [0, 0.05) is 6.04 Å². The summed E-state index contributed by atoms with van der Waals surface area (Å²) in [5.74, 6) is 1.86. The van der Waals surface area contributed by atoms with Gasteiger partial charge >= 0.3 is 0 Å². The number of ether oxygens (including phenoxy) is 2. The standard InChI is InChI=1S/C21H24N2O5/c1-13-3-8-17(28-13)11-22-21(25)20-19(14-4-9-16(26-2)10-5-14)23(15-6-7-15)18(24)12-27-20/h3-5,8-10,15,19-20H,6-7,11-12H2,1-2H3,(H,22,25)/t19-,20+/m1/s1. The first-order valence-corrected chi connectivity index (χ1v) is 9.46. The molecule has 2 fully saturated rings. The summed E-state index contributed by atoms with van der Waals surface area (Å²) < 4.78 is 16.4. The molecule has 1 aliphatic carbocycles. The van der Waals surface area contributed by atoms with Gasteiger partial charge in [0.05, 0.1) is 19.7 Å². The van der Waals surface area contributed by atoms with Crippen LogP contribution in [-0.2, 0) is 20.9 Å². The van der Waals surface area contributed by atoms with Crippen molar-refractivity contribution >= 4 is 11.8 Å². The van der Waals surface area contributed by atoms with Crippen LogP contribution in [0.15, 0.2) is 40.8 Å². The molecule has 2 atom stereocenters. The van der Waals surface area contributed by atoms with Crippen molar-refractivity contribution in [1.29, 1.82) is 0 Å². The summed E-state index contributed by atoms with van der Waals surface area (Å²) in [4.78, 5) is 27.3. The highest BCUT2D eigenvalue weighted by Gasteiger charge is 2.47. The van der Waals surface area contributed by atoms with E-state index in [-0.39, 0.29) is 31.0 Å². The smallest absolute Gasteiger partial charge is 0.252 e. The van der Waals surface area contributed by atoms with E-state index in [4.69, 9.17) is 13.9 Å². The Morgan fingerprint density at radius 3 is 2.57 bits per heavy atom. The van der Waals surface area contributed by atoms with Crippen LogP contribution in [-0.4, -0.2) is 42.6 Å². The molecule has 1 aliphatic heterocycles. The van der Waals surface area contributed by atoms with Gasteiger partial charge in [-0.25, -0.2) is 0 Å². The number of methoxy groups -OCH3 is 1. The van der Waals surface area contributed by atoms with E-state index in [1.165, 1.54) is 0 Å². The van der Waals surface area contributed by atoms with Gasteiger partial charge in [0.15, 0.2) is 6.10 Å². The van der Waals surface area contributed by atoms with Gasteiger partial charge in [-0.3, -0.25) is 9.59 Å². The van der Waals surface area contributed by atoms with Crippen LogP contribution in [0, 0.1) is 6.92 Å². The summed E-state index contributed by atoms with van der Waals surface area (Å²) in [6.07, 6.45) is 1.14. The number of rotatable bonds is 6. The first-order valence-electron chi connectivity index (χ1n) is 9.46. The third kappa shape index (κ3) is 3.75. The lowest BCUT2D eigenvalue weighted by molar-refractivity contribution is -0.165. The SMILES string of the molecule is COc1ccc([C@@H]2[C@@H](C(=O)NCc3ccc(C)o3)OCC(=O)N2C2CC2)cc1. The first-order chi connectivity index (χ1) is 13.6. The molecule has 0 spiro atoms. The quantitative estimate of drug-likeness (QED) is 0.827. The summed E-state index contributed by atoms with van der Waals surface area (Å²) in [7, 11) is 1.60. The van der Waals surface area contributed by atoms with Crippen LogP contribution in [0.5, 0.6) is 5.75 Å². The molecule has 1 aromatic heterocycles. The molecule has 2 aromatic rings. The fourth-order valence-corrected chi connectivity index (χ4v) is 3.62. The monoisotopic (exact) mass is 384 g/mol. The zero-order chi connectivity index (χ0) is 19.7. The summed E-state index contributed by atoms with van der Waals surface area (Å²) in [5.41, 5.74) is 0.856. The van der Waals surface area contributed by atoms with E-state index in [0.29, 0.717) is 5.76 Å². The molecule has 0 radical (unpaired) electrons. The van der Waals surface area contributed by atoms with Gasteiger partial charge < -0.3 is 24.1 Å². The number of morpholine rings is 1. The lowest BCUT2D eigenvalue weighted by atomic mass is 9.96. The largest absolute Gasteiger partial charge is 0.497 e. The van der Waals surface area contributed by atoms with E-state index in [2.05, 4.69) is 5.32 Å². The van der Waals surface area contributed by atoms with Gasteiger partial charge in [-0.2, -0.15) is 0 Å². The van der Waals surface area contributed by atoms with Gasteiger partial charge in [-0.15, -0.1) is 0 Å². The fraction of sp³-hybridized carbons (Fsp3) is 0.429. The Labute approximate surface area is 163 Å². The summed E-state index contributed by atoms with van der Waals surface area (Å²) in [6.45, 7) is 2.05. The zero-order valence-electron chi connectivity index (χ0n) is 16.0. The molecule has 7 heteroatoms. The highest BCUT2D eigenvalue weighted by atomic mass is 16.5. The van der Waals surface area contributed by atoms with Gasteiger partial charge in [-0.05, 0) is 49.6 Å². The Hall–Kier alpha value is -2.80. The van der Waals surface area contributed by atoms with Gasteiger partial charge in [-0.1, -0.05) is 12.1 Å². The third-order valence-corrected chi connectivity index (χ3v) is 5.15. The molecular formula is C21H24N2O5. The maximum Gasteiger partial charge on any atom is 0.252 e. The molecule has 2 heterocycles. The lowest BCUT2D eigenvalue weighted by Crippen LogP contribution is -2.55. The molecular weight excluding hydrogens is 360 g/mol. The second-order valence-corrected chi connectivity index (χ2v) is 7.21. The van der Waals surface area contributed by atoms with Crippen molar-refractivity contribution in [3.8, 4) is 5.75 Å². The Morgan fingerprint density at radius 1 is 1.21 bits per heavy atom. The molecule has 0 bridgehead atoms. The number of carbonyl (C=O) groups is 2. The second-order valence-electron chi connectivity index (χ2n) is 7.21. The number of carbonyl (C=O) groups excluding carboxylic acids is 2. The molecule has 1 aromatic carbocycles. The number of furan rings is 1. The summed E-state index contributed by atoms with van der Waals surface area (Å²) in [6, 6.07) is 10.8. The highest BCUT2D eigenvalue weighted by molar-refractivity contribution is 5.86. The van der Waals surface area contributed by atoms with Crippen molar-refractivity contribution in [2.45, 2.75) is 44.5 Å². The van der Waals surface area contributed by atoms with E-state index >= 15 is 0 Å². The van der Waals surface area contributed by atoms with E-state index < -0.39 is 12.1 Å². The zero-order valence-corrected chi connectivity index (χ0v) is 16.0. The van der Waals surface area contributed by atoms with E-state index in [1.54, 1.807) is 7.11 Å². The van der Waals surface area contributed by atoms with Crippen molar-refractivity contribution in [3.63, 3.8) is 0 Å². The Morgan fingerprint density at radius 2 is 1.96 bits per heavy atom. The van der Waals surface area contributed by atoms with Crippen molar-refractivity contribution in [2.75, 3.05) is 13.7 Å². The molecule has 1 N–H and O–H groups in total. The average molecular weight is 384 g/mol. The molecule has 1 saturated heterocycles. The maximum absolute atomic E-state index is 12.9. The number of hydrogen-bond acceptors (Lipinski definition) is 5. The molecule has 1 saturated carbocycles. The van der Waals surface area contributed by atoms with Crippen molar-refractivity contribution in [3.05, 3.63) is 53.5 Å². The minimum absolute atomic E-state index is 0.0750. The molecule has 4 rings (SSSR count). The minimum Gasteiger partial charge on any atom is -0.497 e. The number of nitrogens with one attached hydrogen (secondary N) is 1. The van der Waals surface area contributed by atoms with Crippen LogP contribution in [0.4, 0.5) is 0 Å². The van der Waals surface area contributed by atoms with Crippen molar-refractivity contribution in [2.24, 2.45) is 0 Å². The molecule has 148 valence electrons. The lowest BCUT2D eigenvalue weighted by Gasteiger charge is -2.40. The van der Waals surface area contributed by atoms with Crippen LogP contribution in [0.3, 0.4) is 0 Å². The topological polar surface area (TPSA) is 81.0 Å². The fourth-order valence-electron chi connectivity index (χ4n) is 3.62. The van der Waals surface area contributed by atoms with E-state index in [0.717, 1.165) is 29.9 Å². The van der Waals surface area contributed by atoms with Crippen molar-refractivity contribution < 1.29 is 23.5 Å². The van der Waals surface area contributed by atoms with Crippen LogP contribution in [0.25, 0.3) is 0 Å². The van der Waals surface area contributed by atoms with Crippen LogP contribution >= 0.6 is 0 Å². The second kappa shape index (κ2) is 7.67. The summed E-state index contributed by atoms with van der Waals surface area (Å²) in [5, 5.41) is 2.88.